The summed E-state index contributed by atoms with van der Waals surface area (Å²) in [5.74, 6) is -0.288. The maximum absolute atomic E-state index is 12.5. The Morgan fingerprint density at radius 1 is 1.29 bits per heavy atom. The van der Waals surface area contributed by atoms with Gasteiger partial charge in [-0.05, 0) is 17.7 Å². The van der Waals surface area contributed by atoms with Gasteiger partial charge in [-0.1, -0.05) is 12.1 Å². The van der Waals surface area contributed by atoms with Crippen LogP contribution in [0.15, 0.2) is 24.3 Å². The van der Waals surface area contributed by atoms with Crippen molar-refractivity contribution >= 4 is 0 Å². The molecule has 0 saturated carbocycles. The molecule has 0 radical (unpaired) electrons. The summed E-state index contributed by atoms with van der Waals surface area (Å²) in [6.45, 7) is 0.0641. The maximum atomic E-state index is 12.5. The molecule has 1 aromatic carbocycles. The second-order valence-electron chi connectivity index (χ2n) is 2.98. The Bertz CT molecular complexity index is 261. The van der Waals surface area contributed by atoms with Crippen LogP contribution in [0.3, 0.4) is 0 Å². The second kappa shape index (κ2) is 5.70. The van der Waals surface area contributed by atoms with Crippen LogP contribution >= 0.6 is 0 Å². The van der Waals surface area contributed by atoms with Crippen LogP contribution in [0.25, 0.3) is 0 Å². The van der Waals surface area contributed by atoms with Gasteiger partial charge in [0.15, 0.2) is 0 Å². The number of halogens is 1. The highest BCUT2D eigenvalue weighted by Crippen LogP contribution is 2.04. The average molecular weight is 200 g/mol. The fourth-order valence-electron chi connectivity index (χ4n) is 0.946. The molecule has 0 aliphatic carbocycles. The predicted octanol–water partition coefficient (Wildman–Crippen LogP) is 0.695. The fourth-order valence-corrected chi connectivity index (χ4v) is 0.946. The highest BCUT2D eigenvalue weighted by Gasteiger charge is 2.01. The molecule has 1 unspecified atom stereocenters. The van der Waals surface area contributed by atoms with Crippen molar-refractivity contribution in [1.82, 2.24) is 0 Å². The predicted molar refractivity (Wildman–Crippen MR) is 49.1 cm³/mol. The molecule has 0 spiro atoms. The van der Waals surface area contributed by atoms with Gasteiger partial charge in [0.2, 0.25) is 0 Å². The second-order valence-corrected chi connectivity index (χ2v) is 2.98. The van der Waals surface area contributed by atoms with Crippen LogP contribution in [0.4, 0.5) is 4.39 Å². The molecular formula is C10H13FO3. The molecule has 1 atom stereocenters. The van der Waals surface area contributed by atoms with Gasteiger partial charge >= 0.3 is 0 Å². The summed E-state index contributed by atoms with van der Waals surface area (Å²) in [5, 5.41) is 17.4. The van der Waals surface area contributed by atoms with E-state index in [2.05, 4.69) is 0 Å². The van der Waals surface area contributed by atoms with Gasteiger partial charge in [0, 0.05) is 0 Å². The number of aliphatic hydroxyl groups excluding tert-OH is 2. The topological polar surface area (TPSA) is 49.7 Å². The van der Waals surface area contributed by atoms with E-state index in [0.29, 0.717) is 6.61 Å². The summed E-state index contributed by atoms with van der Waals surface area (Å²) >= 11 is 0. The van der Waals surface area contributed by atoms with E-state index in [1.54, 1.807) is 12.1 Å². The molecule has 0 saturated heterocycles. The zero-order chi connectivity index (χ0) is 10.4. The van der Waals surface area contributed by atoms with Crippen molar-refractivity contribution in [3.05, 3.63) is 35.6 Å². The van der Waals surface area contributed by atoms with Crippen LogP contribution in [0.5, 0.6) is 0 Å². The maximum Gasteiger partial charge on any atom is 0.123 e. The highest BCUT2D eigenvalue weighted by molar-refractivity contribution is 5.14. The van der Waals surface area contributed by atoms with Gasteiger partial charge in [-0.2, -0.15) is 0 Å². The Morgan fingerprint density at radius 3 is 2.50 bits per heavy atom. The van der Waals surface area contributed by atoms with E-state index in [0.717, 1.165) is 5.56 Å². The first-order valence-corrected chi connectivity index (χ1v) is 4.33. The van der Waals surface area contributed by atoms with Crippen LogP contribution < -0.4 is 0 Å². The van der Waals surface area contributed by atoms with Crippen molar-refractivity contribution in [2.45, 2.75) is 12.7 Å². The lowest BCUT2D eigenvalue weighted by Crippen LogP contribution is -2.19. The van der Waals surface area contributed by atoms with Crippen LogP contribution in [-0.2, 0) is 11.3 Å². The SMILES string of the molecule is OCC(O)COCc1ccc(F)cc1. The van der Waals surface area contributed by atoms with Crippen molar-refractivity contribution in [3.63, 3.8) is 0 Å². The Labute approximate surface area is 81.8 Å². The number of benzene rings is 1. The third-order valence-electron chi connectivity index (χ3n) is 1.70. The highest BCUT2D eigenvalue weighted by atomic mass is 19.1. The van der Waals surface area contributed by atoms with E-state index < -0.39 is 6.10 Å². The molecule has 2 N–H and O–H groups in total. The first kappa shape index (κ1) is 11.1. The summed E-state index contributed by atoms with van der Waals surface area (Å²) in [4.78, 5) is 0. The minimum absolute atomic E-state index is 0.0773. The summed E-state index contributed by atoms with van der Waals surface area (Å²) in [6.07, 6.45) is -0.851. The minimum Gasteiger partial charge on any atom is -0.394 e. The summed E-state index contributed by atoms with van der Waals surface area (Å²) in [6, 6.07) is 5.92. The molecule has 0 bridgehead atoms. The molecule has 0 fully saturated rings. The van der Waals surface area contributed by atoms with E-state index in [9.17, 15) is 4.39 Å². The molecule has 0 aliphatic heterocycles. The molecule has 3 nitrogen and oxygen atoms in total. The zero-order valence-corrected chi connectivity index (χ0v) is 7.69. The largest absolute Gasteiger partial charge is 0.394 e. The van der Waals surface area contributed by atoms with E-state index in [4.69, 9.17) is 14.9 Å². The zero-order valence-electron chi connectivity index (χ0n) is 7.69. The molecule has 1 rings (SSSR count). The van der Waals surface area contributed by atoms with Gasteiger partial charge < -0.3 is 14.9 Å². The molecule has 78 valence electrons. The Balaban J connectivity index is 2.28. The van der Waals surface area contributed by atoms with Crippen molar-refractivity contribution < 1.29 is 19.3 Å². The average Bonchev–Trinajstić information content (AvgIpc) is 2.21. The molecule has 0 aliphatic rings. The molecule has 0 heterocycles. The summed E-state index contributed by atoms with van der Waals surface area (Å²) in [7, 11) is 0. The summed E-state index contributed by atoms with van der Waals surface area (Å²) < 4.78 is 17.6. The fraction of sp³-hybridized carbons (Fsp3) is 0.400. The summed E-state index contributed by atoms with van der Waals surface area (Å²) in [5.41, 5.74) is 0.830. The van der Waals surface area contributed by atoms with Crippen molar-refractivity contribution in [1.29, 1.82) is 0 Å². The number of aliphatic hydroxyl groups is 2. The molecule has 0 aromatic heterocycles. The number of hydrogen-bond donors (Lipinski definition) is 2. The first-order valence-electron chi connectivity index (χ1n) is 4.33. The number of hydrogen-bond acceptors (Lipinski definition) is 3. The lowest BCUT2D eigenvalue weighted by molar-refractivity contribution is 0.0000130. The van der Waals surface area contributed by atoms with E-state index >= 15 is 0 Å². The van der Waals surface area contributed by atoms with Gasteiger partial charge in [-0.25, -0.2) is 4.39 Å². The monoisotopic (exact) mass is 200 g/mol. The Hall–Kier alpha value is -0.970. The Morgan fingerprint density at radius 2 is 1.93 bits per heavy atom. The molecule has 1 aromatic rings. The van der Waals surface area contributed by atoms with Crippen molar-refractivity contribution in [3.8, 4) is 0 Å². The van der Waals surface area contributed by atoms with Gasteiger partial charge in [0.25, 0.3) is 0 Å². The third kappa shape index (κ3) is 3.83. The lowest BCUT2D eigenvalue weighted by atomic mass is 10.2. The molecule has 0 amide bonds. The van der Waals surface area contributed by atoms with Gasteiger partial charge in [-0.3, -0.25) is 0 Å². The molecule has 4 heteroatoms. The number of rotatable bonds is 5. The van der Waals surface area contributed by atoms with Gasteiger partial charge in [-0.15, -0.1) is 0 Å². The third-order valence-corrected chi connectivity index (χ3v) is 1.70. The van der Waals surface area contributed by atoms with Crippen LogP contribution in [0, 0.1) is 5.82 Å². The quantitative estimate of drug-likeness (QED) is 0.735. The molecule has 14 heavy (non-hydrogen) atoms. The van der Waals surface area contributed by atoms with E-state index in [1.807, 2.05) is 0 Å². The lowest BCUT2D eigenvalue weighted by Gasteiger charge is -2.07. The molecular weight excluding hydrogens is 187 g/mol. The van der Waals surface area contributed by atoms with Crippen molar-refractivity contribution in [2.24, 2.45) is 0 Å². The van der Waals surface area contributed by atoms with Crippen LogP contribution in [-0.4, -0.2) is 29.5 Å². The van der Waals surface area contributed by atoms with E-state index in [1.165, 1.54) is 12.1 Å². The first-order chi connectivity index (χ1) is 6.72. The van der Waals surface area contributed by atoms with Crippen molar-refractivity contribution in [2.75, 3.05) is 13.2 Å². The standard InChI is InChI=1S/C10H13FO3/c11-9-3-1-8(2-4-9)6-14-7-10(13)5-12/h1-4,10,12-13H,5-7H2. The van der Waals surface area contributed by atoms with Gasteiger partial charge in [0.1, 0.15) is 11.9 Å². The Kier molecular flexibility index (Phi) is 4.52. The van der Waals surface area contributed by atoms with Crippen LogP contribution in [0.1, 0.15) is 5.56 Å². The minimum atomic E-state index is -0.851. The smallest absolute Gasteiger partial charge is 0.123 e. The normalized spacial score (nSPS) is 12.8. The van der Waals surface area contributed by atoms with Gasteiger partial charge in [0.05, 0.1) is 19.8 Å². The number of ether oxygens (including phenoxy) is 1. The van der Waals surface area contributed by atoms with E-state index in [-0.39, 0.29) is 19.0 Å². The van der Waals surface area contributed by atoms with Crippen LogP contribution in [0.2, 0.25) is 0 Å².